The number of rotatable bonds is 11. The van der Waals surface area contributed by atoms with Crippen LogP contribution in [-0.4, -0.2) is 37.7 Å². The number of thioether (sulfide) groups is 1. The molecule has 0 aliphatic heterocycles. The van der Waals surface area contributed by atoms with Gasteiger partial charge in [-0.25, -0.2) is 4.39 Å². The number of carbonyl (C=O) groups excluding carboxylic acids is 3. The first-order valence-corrected chi connectivity index (χ1v) is 14.2. The molecule has 0 atom stereocenters. The van der Waals surface area contributed by atoms with Crippen LogP contribution in [0.25, 0.3) is 6.08 Å². The van der Waals surface area contributed by atoms with Gasteiger partial charge in [-0.3, -0.25) is 14.4 Å². The minimum atomic E-state index is -0.581. The third-order valence-corrected chi connectivity index (χ3v) is 7.21. The van der Waals surface area contributed by atoms with E-state index in [1.54, 1.807) is 72.8 Å². The van der Waals surface area contributed by atoms with Crippen LogP contribution in [-0.2, 0) is 9.59 Å². The van der Waals surface area contributed by atoms with Crippen molar-refractivity contribution in [2.45, 2.75) is 4.90 Å². The molecule has 0 aliphatic rings. The monoisotopic (exact) mass is 619 g/mol. The van der Waals surface area contributed by atoms with E-state index in [1.807, 2.05) is 0 Å². The molecule has 3 N–H and O–H groups in total. The molecule has 4 aromatic carbocycles. The van der Waals surface area contributed by atoms with Crippen molar-refractivity contribution in [1.82, 2.24) is 5.32 Å². The number of carbonyl (C=O) groups is 3. The van der Waals surface area contributed by atoms with E-state index in [0.717, 1.165) is 0 Å². The van der Waals surface area contributed by atoms with Crippen molar-refractivity contribution in [1.29, 1.82) is 0 Å². The highest BCUT2D eigenvalue weighted by Gasteiger charge is 2.17. The van der Waals surface area contributed by atoms with Crippen molar-refractivity contribution in [3.05, 3.63) is 119 Å². The zero-order valence-corrected chi connectivity index (χ0v) is 24.7. The van der Waals surface area contributed by atoms with Crippen LogP contribution in [0.2, 0.25) is 5.02 Å². The lowest BCUT2D eigenvalue weighted by Gasteiger charge is -2.14. The summed E-state index contributed by atoms with van der Waals surface area (Å²) in [6, 6.07) is 24.4. The summed E-state index contributed by atoms with van der Waals surface area (Å²) in [4.78, 5) is 39.6. The van der Waals surface area contributed by atoms with Gasteiger partial charge in [0.1, 0.15) is 23.0 Å². The van der Waals surface area contributed by atoms with E-state index >= 15 is 0 Å². The Kier molecular flexibility index (Phi) is 10.8. The maximum absolute atomic E-state index is 13.5. The molecular formula is C32H27ClFN3O5S. The number of hydrogen-bond donors (Lipinski definition) is 3. The summed E-state index contributed by atoms with van der Waals surface area (Å²) < 4.78 is 24.1. The third kappa shape index (κ3) is 8.84. The Balaban J connectivity index is 1.51. The maximum atomic E-state index is 13.5. The summed E-state index contributed by atoms with van der Waals surface area (Å²) in [5.74, 6) is -0.877. The highest BCUT2D eigenvalue weighted by Crippen LogP contribution is 2.27. The van der Waals surface area contributed by atoms with Crippen LogP contribution in [0.1, 0.15) is 15.9 Å². The topological polar surface area (TPSA) is 106 Å². The SMILES string of the molecule is COc1ccc(OC)c(/C=C(/NC(=O)c2ccccc2)C(=O)Nc2cccc(SCC(=O)Nc3ccc(F)c(Cl)c3)c2)c1. The summed E-state index contributed by atoms with van der Waals surface area (Å²) in [7, 11) is 3.02. The van der Waals surface area contributed by atoms with Gasteiger partial charge < -0.3 is 25.4 Å². The van der Waals surface area contributed by atoms with Gasteiger partial charge in [0.2, 0.25) is 5.91 Å². The van der Waals surface area contributed by atoms with Crippen LogP contribution >= 0.6 is 23.4 Å². The Morgan fingerprint density at radius 2 is 1.63 bits per heavy atom. The Morgan fingerprint density at radius 3 is 2.35 bits per heavy atom. The molecule has 0 aromatic heterocycles. The second-order valence-electron chi connectivity index (χ2n) is 8.93. The lowest BCUT2D eigenvalue weighted by molar-refractivity contribution is -0.114. The number of nitrogens with one attached hydrogen (secondary N) is 3. The standard InChI is InChI=1S/C32H27ClFN3O5S/c1-41-24-12-14-29(42-2)21(15-24)16-28(37-31(39)20-7-4-3-5-8-20)32(40)36-22-9-6-10-25(17-22)43-19-30(38)35-23-11-13-27(34)26(33)18-23/h3-18H,19H2,1-2H3,(H,35,38)(H,36,40)(H,37,39)/b28-16+. The van der Waals surface area contributed by atoms with Gasteiger partial charge in [0, 0.05) is 27.4 Å². The van der Waals surface area contributed by atoms with Gasteiger partial charge in [-0.15, -0.1) is 11.8 Å². The zero-order chi connectivity index (χ0) is 30.8. The number of amides is 3. The van der Waals surface area contributed by atoms with Gasteiger partial charge in [0.25, 0.3) is 11.8 Å². The molecule has 11 heteroatoms. The molecule has 43 heavy (non-hydrogen) atoms. The van der Waals surface area contributed by atoms with E-state index < -0.39 is 17.6 Å². The number of anilines is 2. The molecule has 4 rings (SSSR count). The van der Waals surface area contributed by atoms with Gasteiger partial charge in [-0.2, -0.15) is 0 Å². The summed E-state index contributed by atoms with van der Waals surface area (Å²) >= 11 is 7.02. The van der Waals surface area contributed by atoms with Gasteiger partial charge in [-0.05, 0) is 72.8 Å². The summed E-state index contributed by atoms with van der Waals surface area (Å²) in [6.07, 6.45) is 1.50. The molecule has 0 bridgehead atoms. The normalized spacial score (nSPS) is 10.9. The van der Waals surface area contributed by atoms with Crippen LogP contribution in [0.3, 0.4) is 0 Å². The first-order valence-electron chi connectivity index (χ1n) is 12.8. The molecule has 8 nitrogen and oxygen atoms in total. The molecule has 3 amide bonds. The zero-order valence-electron chi connectivity index (χ0n) is 23.2. The maximum Gasteiger partial charge on any atom is 0.272 e. The first-order chi connectivity index (χ1) is 20.7. The van der Waals surface area contributed by atoms with Crippen molar-refractivity contribution in [2.24, 2.45) is 0 Å². The fourth-order valence-corrected chi connectivity index (χ4v) is 4.77. The van der Waals surface area contributed by atoms with Crippen LogP contribution in [0.15, 0.2) is 102 Å². The molecule has 0 radical (unpaired) electrons. The number of halogens is 2. The second kappa shape index (κ2) is 14.9. The van der Waals surface area contributed by atoms with Crippen molar-refractivity contribution in [2.75, 3.05) is 30.6 Å². The quantitative estimate of drug-likeness (QED) is 0.128. The van der Waals surface area contributed by atoms with Crippen molar-refractivity contribution < 1.29 is 28.2 Å². The van der Waals surface area contributed by atoms with E-state index in [4.69, 9.17) is 21.1 Å². The molecular weight excluding hydrogens is 593 g/mol. The van der Waals surface area contributed by atoms with Gasteiger partial charge >= 0.3 is 0 Å². The summed E-state index contributed by atoms with van der Waals surface area (Å²) in [5.41, 5.74) is 1.67. The largest absolute Gasteiger partial charge is 0.497 e. The van der Waals surface area contributed by atoms with Crippen molar-refractivity contribution in [3.8, 4) is 11.5 Å². The Hall–Kier alpha value is -4.80. The average Bonchev–Trinajstić information content (AvgIpc) is 3.02. The summed E-state index contributed by atoms with van der Waals surface area (Å²) in [6.45, 7) is 0. The van der Waals surface area contributed by atoms with E-state index in [1.165, 1.54) is 50.3 Å². The smallest absolute Gasteiger partial charge is 0.272 e. The fourth-order valence-electron chi connectivity index (χ4n) is 3.83. The highest BCUT2D eigenvalue weighted by molar-refractivity contribution is 8.00. The van der Waals surface area contributed by atoms with Gasteiger partial charge in [0.05, 0.1) is 25.0 Å². The third-order valence-electron chi connectivity index (χ3n) is 5.93. The minimum absolute atomic E-state index is 0.0317. The van der Waals surface area contributed by atoms with Crippen molar-refractivity contribution >= 4 is 58.5 Å². The number of hydrogen-bond acceptors (Lipinski definition) is 6. The van der Waals surface area contributed by atoms with Crippen molar-refractivity contribution in [3.63, 3.8) is 0 Å². The highest BCUT2D eigenvalue weighted by atomic mass is 35.5. The lowest BCUT2D eigenvalue weighted by Crippen LogP contribution is -2.30. The molecule has 4 aromatic rings. The van der Waals surface area contributed by atoms with E-state index in [2.05, 4.69) is 16.0 Å². The van der Waals surface area contributed by atoms with Crippen LogP contribution in [0.4, 0.5) is 15.8 Å². The second-order valence-corrected chi connectivity index (χ2v) is 10.4. The molecule has 0 heterocycles. The predicted molar refractivity (Wildman–Crippen MR) is 167 cm³/mol. The Bertz CT molecular complexity index is 1670. The minimum Gasteiger partial charge on any atom is -0.497 e. The van der Waals surface area contributed by atoms with Crippen LogP contribution in [0, 0.1) is 5.82 Å². The van der Waals surface area contributed by atoms with Crippen LogP contribution < -0.4 is 25.4 Å². The van der Waals surface area contributed by atoms with E-state index in [0.29, 0.717) is 38.9 Å². The van der Waals surface area contributed by atoms with E-state index in [-0.39, 0.29) is 22.4 Å². The molecule has 0 aliphatic carbocycles. The molecule has 220 valence electrons. The Morgan fingerprint density at radius 1 is 0.860 bits per heavy atom. The lowest BCUT2D eigenvalue weighted by atomic mass is 10.1. The molecule has 0 unspecified atom stereocenters. The Labute approximate surface area is 257 Å². The number of methoxy groups -OCH3 is 2. The van der Waals surface area contributed by atoms with E-state index in [9.17, 15) is 18.8 Å². The fraction of sp³-hybridized carbons (Fsp3) is 0.0938. The molecule has 0 spiro atoms. The van der Waals surface area contributed by atoms with Gasteiger partial charge in [0.15, 0.2) is 0 Å². The number of ether oxygens (including phenoxy) is 2. The molecule has 0 saturated heterocycles. The predicted octanol–water partition coefficient (Wildman–Crippen LogP) is 6.64. The number of benzene rings is 4. The summed E-state index contributed by atoms with van der Waals surface area (Å²) in [5, 5.41) is 8.08. The molecule has 0 saturated carbocycles. The van der Waals surface area contributed by atoms with Crippen LogP contribution in [0.5, 0.6) is 11.5 Å². The van der Waals surface area contributed by atoms with Gasteiger partial charge in [-0.1, -0.05) is 35.9 Å². The first kappa shape index (κ1) is 31.1. The average molecular weight is 620 g/mol. The molecule has 0 fully saturated rings.